The summed E-state index contributed by atoms with van der Waals surface area (Å²) in [6.07, 6.45) is 3.22. The zero-order valence-corrected chi connectivity index (χ0v) is 12.7. The molecule has 0 aromatic carbocycles. The van der Waals surface area contributed by atoms with E-state index in [0.29, 0.717) is 13.0 Å². The van der Waals surface area contributed by atoms with Gasteiger partial charge in [-0.3, -0.25) is 10.1 Å². The van der Waals surface area contributed by atoms with Gasteiger partial charge in [-0.15, -0.1) is 0 Å². The van der Waals surface area contributed by atoms with Crippen LogP contribution in [0.2, 0.25) is 0 Å². The number of urea groups is 1. The summed E-state index contributed by atoms with van der Waals surface area (Å²) in [6.45, 7) is 2.25. The van der Waals surface area contributed by atoms with Gasteiger partial charge in [-0.1, -0.05) is 0 Å². The van der Waals surface area contributed by atoms with E-state index < -0.39 is 18.2 Å². The Labute approximate surface area is 129 Å². The van der Waals surface area contributed by atoms with Crippen LogP contribution >= 0.6 is 0 Å². The minimum absolute atomic E-state index is 0.320. The van der Waals surface area contributed by atoms with Crippen molar-refractivity contribution in [1.29, 1.82) is 5.26 Å². The fourth-order valence-corrected chi connectivity index (χ4v) is 3.28. The van der Waals surface area contributed by atoms with Crippen LogP contribution in [0.25, 0.3) is 0 Å². The van der Waals surface area contributed by atoms with E-state index in [9.17, 15) is 9.59 Å². The second-order valence-corrected chi connectivity index (χ2v) is 5.84. The number of aliphatic imine (C=N–C) groups is 1. The Morgan fingerprint density at radius 2 is 2.05 bits per heavy atom. The van der Waals surface area contributed by atoms with Crippen LogP contribution in [-0.4, -0.2) is 71.5 Å². The number of nitrogens with one attached hydrogen (secondary N) is 1. The first-order chi connectivity index (χ1) is 10.6. The fraction of sp³-hybridized carbons (Fsp3) is 0.714. The maximum absolute atomic E-state index is 12.3. The van der Waals surface area contributed by atoms with Crippen molar-refractivity contribution >= 4 is 17.9 Å². The van der Waals surface area contributed by atoms with E-state index in [-0.39, 0.29) is 5.91 Å². The lowest BCUT2D eigenvalue weighted by molar-refractivity contribution is -0.127. The molecule has 2 fully saturated rings. The first-order valence-electron chi connectivity index (χ1n) is 7.67. The number of hydrogen-bond donors (Lipinski definition) is 1. The van der Waals surface area contributed by atoms with Crippen LogP contribution in [0.5, 0.6) is 0 Å². The highest BCUT2D eigenvalue weighted by Gasteiger charge is 2.49. The highest BCUT2D eigenvalue weighted by molar-refractivity contribution is 6.03. The first-order valence-corrected chi connectivity index (χ1v) is 7.67. The van der Waals surface area contributed by atoms with E-state index >= 15 is 0 Å². The van der Waals surface area contributed by atoms with Gasteiger partial charge in [0.05, 0.1) is 12.5 Å². The molecule has 1 N–H and O–H groups in total. The topological polar surface area (TPSA) is 92.0 Å². The van der Waals surface area contributed by atoms with Crippen molar-refractivity contribution in [3.63, 3.8) is 0 Å². The predicted octanol–water partition coefficient (Wildman–Crippen LogP) is -0.0661. The van der Waals surface area contributed by atoms with Crippen LogP contribution < -0.4 is 5.32 Å². The molecule has 3 amide bonds. The number of fused-ring (bicyclic) bond motifs is 1. The number of hydrogen-bond acceptors (Lipinski definition) is 6. The summed E-state index contributed by atoms with van der Waals surface area (Å²) in [5.74, 6) is 0.420. The number of amides is 3. The molecule has 0 radical (unpaired) electrons. The summed E-state index contributed by atoms with van der Waals surface area (Å²) in [6, 6.07) is 1.17. The van der Waals surface area contributed by atoms with Gasteiger partial charge in [-0.2, -0.15) is 5.26 Å². The summed E-state index contributed by atoms with van der Waals surface area (Å²) in [7, 11) is 1.64. The summed E-state index contributed by atoms with van der Waals surface area (Å²) in [4.78, 5) is 34.2. The highest BCUT2D eigenvalue weighted by Crippen LogP contribution is 2.26. The van der Waals surface area contributed by atoms with E-state index in [1.807, 2.05) is 4.90 Å². The van der Waals surface area contributed by atoms with Crippen LogP contribution in [0.1, 0.15) is 25.7 Å². The molecule has 2 saturated heterocycles. The zero-order valence-electron chi connectivity index (χ0n) is 12.7. The van der Waals surface area contributed by atoms with Crippen molar-refractivity contribution < 1.29 is 9.59 Å². The van der Waals surface area contributed by atoms with Gasteiger partial charge in [-0.05, 0) is 19.3 Å². The Morgan fingerprint density at radius 1 is 1.32 bits per heavy atom. The predicted molar refractivity (Wildman–Crippen MR) is 78.7 cm³/mol. The molecule has 0 aromatic rings. The number of guanidine groups is 1. The lowest BCUT2D eigenvalue weighted by Gasteiger charge is -2.38. The number of carbonyl (C=O) groups excluding carboxylic acids is 2. The van der Waals surface area contributed by atoms with Crippen LogP contribution in [0.3, 0.4) is 0 Å². The lowest BCUT2D eigenvalue weighted by atomic mass is 10.1. The largest absolute Gasteiger partial charge is 0.343 e. The van der Waals surface area contributed by atoms with Crippen molar-refractivity contribution in [2.75, 3.05) is 26.7 Å². The second-order valence-electron chi connectivity index (χ2n) is 5.84. The van der Waals surface area contributed by atoms with E-state index in [0.717, 1.165) is 31.9 Å². The SMILES string of the molecule is CN1C(=O)NC(=O)C2C1N=C(N1CCCCC1)N2CCC#N. The minimum Gasteiger partial charge on any atom is -0.343 e. The average Bonchev–Trinajstić information content (AvgIpc) is 2.91. The normalized spacial score (nSPS) is 28.2. The third-order valence-electron chi connectivity index (χ3n) is 4.44. The van der Waals surface area contributed by atoms with E-state index in [2.05, 4.69) is 21.3 Å². The molecule has 118 valence electrons. The molecular weight excluding hydrogens is 284 g/mol. The van der Waals surface area contributed by atoms with Crippen LogP contribution in [0.4, 0.5) is 4.79 Å². The Kier molecular flexibility index (Phi) is 3.88. The van der Waals surface area contributed by atoms with Crippen LogP contribution in [-0.2, 0) is 4.79 Å². The van der Waals surface area contributed by atoms with Gasteiger partial charge in [0.25, 0.3) is 5.91 Å². The Morgan fingerprint density at radius 3 is 2.73 bits per heavy atom. The Balaban J connectivity index is 1.89. The maximum Gasteiger partial charge on any atom is 0.325 e. The molecule has 0 aromatic heterocycles. The number of rotatable bonds is 2. The fourth-order valence-electron chi connectivity index (χ4n) is 3.28. The summed E-state index contributed by atoms with van der Waals surface area (Å²) in [5.41, 5.74) is 0. The molecule has 0 bridgehead atoms. The molecule has 0 saturated carbocycles. The van der Waals surface area contributed by atoms with Crippen LogP contribution in [0.15, 0.2) is 4.99 Å². The smallest absolute Gasteiger partial charge is 0.325 e. The van der Waals surface area contributed by atoms with Gasteiger partial charge in [0.1, 0.15) is 0 Å². The molecule has 3 aliphatic heterocycles. The van der Waals surface area contributed by atoms with Crippen molar-refractivity contribution in [1.82, 2.24) is 20.0 Å². The molecule has 0 spiro atoms. The van der Waals surface area contributed by atoms with E-state index in [4.69, 9.17) is 5.26 Å². The second kappa shape index (κ2) is 5.83. The standard InChI is InChI=1S/C14H20N6O2/c1-18-11-10(12(21)17-14(18)22)20(9-5-6-15)13(16-11)19-7-3-2-4-8-19/h10-11H,2-5,7-9H2,1H3,(H,17,21,22). The molecule has 3 rings (SSSR count). The van der Waals surface area contributed by atoms with Crippen molar-refractivity contribution in [2.45, 2.75) is 37.9 Å². The molecular formula is C14H20N6O2. The Bertz CT molecular complexity index is 548. The van der Waals surface area contributed by atoms with E-state index in [1.165, 1.54) is 11.3 Å². The molecule has 22 heavy (non-hydrogen) atoms. The monoisotopic (exact) mass is 304 g/mol. The van der Waals surface area contributed by atoms with Gasteiger partial charge >= 0.3 is 6.03 Å². The molecule has 3 aliphatic rings. The molecule has 3 heterocycles. The molecule has 2 atom stereocenters. The number of likely N-dealkylation sites (N-methyl/N-ethyl adjacent to an activating group) is 1. The molecule has 0 aliphatic carbocycles. The lowest BCUT2D eigenvalue weighted by Crippen LogP contribution is -2.64. The number of imide groups is 1. The minimum atomic E-state index is -0.534. The summed E-state index contributed by atoms with van der Waals surface area (Å²) in [5, 5.41) is 11.2. The van der Waals surface area contributed by atoms with Gasteiger partial charge < -0.3 is 14.7 Å². The number of likely N-dealkylation sites (tertiary alicyclic amines) is 1. The van der Waals surface area contributed by atoms with Crippen molar-refractivity contribution in [3.05, 3.63) is 0 Å². The third-order valence-corrected chi connectivity index (χ3v) is 4.44. The molecule has 8 nitrogen and oxygen atoms in total. The number of carbonyl (C=O) groups is 2. The van der Waals surface area contributed by atoms with Gasteiger partial charge in [-0.25, -0.2) is 9.79 Å². The summed E-state index contributed by atoms with van der Waals surface area (Å²) < 4.78 is 0. The first kappa shape index (κ1) is 14.6. The van der Waals surface area contributed by atoms with Gasteiger partial charge in [0, 0.05) is 26.7 Å². The Hall–Kier alpha value is -2.30. The quantitative estimate of drug-likeness (QED) is 0.771. The maximum atomic E-state index is 12.3. The molecule has 2 unspecified atom stereocenters. The highest BCUT2D eigenvalue weighted by atomic mass is 16.2. The number of nitriles is 1. The van der Waals surface area contributed by atoms with Gasteiger partial charge in [0.2, 0.25) is 0 Å². The van der Waals surface area contributed by atoms with E-state index in [1.54, 1.807) is 7.05 Å². The van der Waals surface area contributed by atoms with Gasteiger partial charge in [0.15, 0.2) is 18.2 Å². The third kappa shape index (κ3) is 2.36. The zero-order chi connectivity index (χ0) is 15.7. The number of piperidine rings is 1. The summed E-state index contributed by atoms with van der Waals surface area (Å²) >= 11 is 0. The van der Waals surface area contributed by atoms with Crippen molar-refractivity contribution in [2.24, 2.45) is 4.99 Å². The number of nitrogens with zero attached hydrogens (tertiary/aromatic N) is 5. The molecule has 8 heteroatoms. The van der Waals surface area contributed by atoms with Crippen molar-refractivity contribution in [3.8, 4) is 6.07 Å². The average molecular weight is 304 g/mol. The van der Waals surface area contributed by atoms with Crippen LogP contribution in [0, 0.1) is 11.3 Å².